The van der Waals surface area contributed by atoms with Gasteiger partial charge in [0, 0.05) is 17.3 Å². The van der Waals surface area contributed by atoms with Gasteiger partial charge < -0.3 is 15.2 Å². The molecule has 0 aliphatic heterocycles. The first kappa shape index (κ1) is 15.0. The van der Waals surface area contributed by atoms with Crippen molar-refractivity contribution in [2.24, 2.45) is 0 Å². The molecule has 23 heavy (non-hydrogen) atoms. The first-order chi connectivity index (χ1) is 11.3. The fraction of sp³-hybridized carbons (Fsp3) is 0.100. The van der Waals surface area contributed by atoms with Gasteiger partial charge in [0.25, 0.3) is 0 Å². The van der Waals surface area contributed by atoms with Crippen LogP contribution in [-0.4, -0.2) is 7.11 Å². The molecule has 0 unspecified atom stereocenters. The minimum atomic E-state index is 0.544. The van der Waals surface area contributed by atoms with Crippen molar-refractivity contribution in [3.8, 4) is 22.6 Å². The average Bonchev–Trinajstić information content (AvgIpc) is 2.61. The summed E-state index contributed by atoms with van der Waals surface area (Å²) >= 11 is 0. The highest BCUT2D eigenvalue weighted by molar-refractivity contribution is 5.78. The molecule has 0 bridgehead atoms. The molecular formula is C20H19NO2. The maximum atomic E-state index is 6.12. The van der Waals surface area contributed by atoms with E-state index >= 15 is 0 Å². The van der Waals surface area contributed by atoms with Gasteiger partial charge in [-0.3, -0.25) is 0 Å². The molecule has 3 rings (SSSR count). The number of hydrogen-bond donors (Lipinski definition) is 1. The molecule has 0 amide bonds. The number of benzene rings is 3. The third kappa shape index (κ3) is 3.64. The molecule has 3 heteroatoms. The Balaban J connectivity index is 1.80. The van der Waals surface area contributed by atoms with Crippen LogP contribution in [-0.2, 0) is 6.61 Å². The first-order valence-electron chi connectivity index (χ1n) is 7.47. The molecule has 0 spiro atoms. The Bertz CT molecular complexity index is 785. The summed E-state index contributed by atoms with van der Waals surface area (Å²) in [4.78, 5) is 0. The molecule has 0 radical (unpaired) electrons. The predicted octanol–water partition coefficient (Wildman–Crippen LogP) is 4.52. The van der Waals surface area contributed by atoms with Crippen LogP contribution in [0, 0.1) is 0 Å². The Morgan fingerprint density at radius 1 is 0.826 bits per heavy atom. The summed E-state index contributed by atoms with van der Waals surface area (Å²) in [5, 5.41) is 0. The lowest BCUT2D eigenvalue weighted by Gasteiger charge is -2.11. The van der Waals surface area contributed by atoms with Crippen molar-refractivity contribution in [2.75, 3.05) is 12.8 Å². The Kier molecular flexibility index (Phi) is 4.48. The zero-order chi connectivity index (χ0) is 16.1. The van der Waals surface area contributed by atoms with Crippen molar-refractivity contribution < 1.29 is 9.47 Å². The zero-order valence-electron chi connectivity index (χ0n) is 13.0. The molecule has 116 valence electrons. The van der Waals surface area contributed by atoms with Crippen LogP contribution in [0.5, 0.6) is 11.5 Å². The van der Waals surface area contributed by atoms with Crippen molar-refractivity contribution in [3.05, 3.63) is 78.4 Å². The fourth-order valence-electron chi connectivity index (χ4n) is 2.42. The van der Waals surface area contributed by atoms with E-state index in [1.807, 2.05) is 72.8 Å². The lowest BCUT2D eigenvalue weighted by Crippen LogP contribution is -1.96. The molecule has 3 nitrogen and oxygen atoms in total. The van der Waals surface area contributed by atoms with Gasteiger partial charge in [-0.05, 0) is 35.4 Å². The van der Waals surface area contributed by atoms with Crippen LogP contribution in [0.1, 0.15) is 5.56 Å². The molecule has 3 aromatic rings. The number of nitrogen functional groups attached to an aromatic ring is 1. The zero-order valence-corrected chi connectivity index (χ0v) is 13.0. The number of anilines is 1. The number of hydrogen-bond acceptors (Lipinski definition) is 3. The van der Waals surface area contributed by atoms with Gasteiger partial charge in [0.1, 0.15) is 18.1 Å². The van der Waals surface area contributed by atoms with E-state index in [1.54, 1.807) is 7.11 Å². The predicted molar refractivity (Wildman–Crippen MR) is 93.6 cm³/mol. The monoisotopic (exact) mass is 305 g/mol. The highest BCUT2D eigenvalue weighted by atomic mass is 16.5. The van der Waals surface area contributed by atoms with E-state index < -0.39 is 0 Å². The summed E-state index contributed by atoms with van der Waals surface area (Å²) in [6, 6.07) is 23.7. The van der Waals surface area contributed by atoms with Gasteiger partial charge in [0.2, 0.25) is 0 Å². The van der Waals surface area contributed by atoms with Crippen molar-refractivity contribution >= 4 is 5.69 Å². The number of methoxy groups -OCH3 is 1. The second-order valence-electron chi connectivity index (χ2n) is 5.26. The average molecular weight is 305 g/mol. The van der Waals surface area contributed by atoms with Crippen molar-refractivity contribution in [1.29, 1.82) is 0 Å². The van der Waals surface area contributed by atoms with Crippen LogP contribution in [0.2, 0.25) is 0 Å². The molecule has 0 aromatic heterocycles. The molecule has 0 saturated heterocycles. The second-order valence-corrected chi connectivity index (χ2v) is 5.26. The van der Waals surface area contributed by atoms with E-state index in [9.17, 15) is 0 Å². The number of nitrogens with two attached hydrogens (primary N) is 1. The Hall–Kier alpha value is -2.94. The summed E-state index contributed by atoms with van der Waals surface area (Å²) < 4.78 is 11.1. The molecule has 0 atom stereocenters. The molecule has 3 aromatic carbocycles. The molecule has 0 heterocycles. The van der Waals surface area contributed by atoms with Gasteiger partial charge in [-0.2, -0.15) is 0 Å². The summed E-state index contributed by atoms with van der Waals surface area (Å²) in [5.41, 5.74) is 9.94. The standard InChI is InChI=1S/C20H19NO2/c1-22-17-10-11-19(20(21)13-17)16-8-5-9-18(12-16)23-14-15-6-3-2-4-7-15/h2-13H,14,21H2,1H3. The Morgan fingerprint density at radius 3 is 2.39 bits per heavy atom. The molecule has 0 aliphatic carbocycles. The second kappa shape index (κ2) is 6.88. The highest BCUT2D eigenvalue weighted by Crippen LogP contribution is 2.31. The minimum Gasteiger partial charge on any atom is -0.497 e. The van der Waals surface area contributed by atoms with Crippen molar-refractivity contribution in [3.63, 3.8) is 0 Å². The van der Waals surface area contributed by atoms with Gasteiger partial charge in [-0.15, -0.1) is 0 Å². The summed E-state index contributed by atoms with van der Waals surface area (Å²) in [6.45, 7) is 0.544. The molecule has 0 aliphatic rings. The van der Waals surface area contributed by atoms with E-state index in [2.05, 4.69) is 0 Å². The largest absolute Gasteiger partial charge is 0.497 e. The fourth-order valence-corrected chi connectivity index (χ4v) is 2.42. The maximum Gasteiger partial charge on any atom is 0.120 e. The van der Waals surface area contributed by atoms with Gasteiger partial charge in [-0.1, -0.05) is 42.5 Å². The van der Waals surface area contributed by atoms with Crippen molar-refractivity contribution in [2.45, 2.75) is 6.61 Å². The van der Waals surface area contributed by atoms with Gasteiger partial charge in [-0.25, -0.2) is 0 Å². The van der Waals surface area contributed by atoms with Crippen LogP contribution in [0.25, 0.3) is 11.1 Å². The number of rotatable bonds is 5. The van der Waals surface area contributed by atoms with Gasteiger partial charge in [0.15, 0.2) is 0 Å². The van der Waals surface area contributed by atoms with Gasteiger partial charge in [0.05, 0.1) is 7.11 Å². The summed E-state index contributed by atoms with van der Waals surface area (Å²) in [6.07, 6.45) is 0. The van der Waals surface area contributed by atoms with E-state index in [4.69, 9.17) is 15.2 Å². The van der Waals surface area contributed by atoms with Crippen LogP contribution >= 0.6 is 0 Å². The third-order valence-electron chi connectivity index (χ3n) is 3.65. The molecule has 0 fully saturated rings. The van der Waals surface area contributed by atoms with Crippen LogP contribution in [0.3, 0.4) is 0 Å². The van der Waals surface area contributed by atoms with E-state index in [-0.39, 0.29) is 0 Å². The SMILES string of the molecule is COc1ccc(-c2cccc(OCc3ccccc3)c2)c(N)c1. The van der Waals surface area contributed by atoms with E-state index in [0.717, 1.165) is 28.2 Å². The van der Waals surface area contributed by atoms with Crippen LogP contribution < -0.4 is 15.2 Å². The lowest BCUT2D eigenvalue weighted by atomic mass is 10.0. The molecule has 2 N–H and O–H groups in total. The third-order valence-corrected chi connectivity index (χ3v) is 3.65. The number of ether oxygens (including phenoxy) is 2. The quantitative estimate of drug-likeness (QED) is 0.705. The Labute approximate surface area is 136 Å². The normalized spacial score (nSPS) is 10.3. The van der Waals surface area contributed by atoms with E-state index in [0.29, 0.717) is 12.3 Å². The van der Waals surface area contributed by atoms with Crippen LogP contribution in [0.15, 0.2) is 72.8 Å². The minimum absolute atomic E-state index is 0.544. The maximum absolute atomic E-state index is 6.12. The smallest absolute Gasteiger partial charge is 0.120 e. The molecule has 0 saturated carbocycles. The van der Waals surface area contributed by atoms with Crippen LogP contribution in [0.4, 0.5) is 5.69 Å². The Morgan fingerprint density at radius 2 is 1.65 bits per heavy atom. The lowest BCUT2D eigenvalue weighted by molar-refractivity contribution is 0.306. The summed E-state index contributed by atoms with van der Waals surface area (Å²) in [5.74, 6) is 1.57. The van der Waals surface area contributed by atoms with E-state index in [1.165, 1.54) is 0 Å². The first-order valence-corrected chi connectivity index (χ1v) is 7.47. The molecular weight excluding hydrogens is 286 g/mol. The van der Waals surface area contributed by atoms with Gasteiger partial charge >= 0.3 is 0 Å². The topological polar surface area (TPSA) is 44.5 Å². The summed E-state index contributed by atoms with van der Waals surface area (Å²) in [7, 11) is 1.63. The van der Waals surface area contributed by atoms with Crippen molar-refractivity contribution in [1.82, 2.24) is 0 Å². The highest BCUT2D eigenvalue weighted by Gasteiger charge is 2.06.